The number of carbonyl (C=O) groups excluding carboxylic acids is 1. The summed E-state index contributed by atoms with van der Waals surface area (Å²) in [6.45, 7) is 3.94. The van der Waals surface area contributed by atoms with Crippen LogP contribution in [0.3, 0.4) is 0 Å². The summed E-state index contributed by atoms with van der Waals surface area (Å²) in [6.07, 6.45) is 1.89. The number of rotatable bonds is 5. The van der Waals surface area contributed by atoms with E-state index in [1.807, 2.05) is 37.3 Å². The maximum absolute atomic E-state index is 12.4. The highest BCUT2D eigenvalue weighted by Crippen LogP contribution is 2.28. The molecule has 0 atom stereocenters. The lowest BCUT2D eigenvalue weighted by Crippen LogP contribution is -2.11. The maximum Gasteiger partial charge on any atom is 0.269 e. The van der Waals surface area contributed by atoms with Gasteiger partial charge in [0.2, 0.25) is 5.13 Å². The molecule has 0 radical (unpaired) electrons. The Bertz CT molecular complexity index is 811. The van der Waals surface area contributed by atoms with E-state index in [0.29, 0.717) is 10.0 Å². The van der Waals surface area contributed by atoms with E-state index in [4.69, 9.17) is 0 Å². The van der Waals surface area contributed by atoms with Crippen molar-refractivity contribution in [3.63, 3.8) is 0 Å². The van der Waals surface area contributed by atoms with Crippen LogP contribution in [0.5, 0.6) is 0 Å². The molecule has 1 aromatic carbocycles. The smallest absolute Gasteiger partial charge is 0.269 e. The van der Waals surface area contributed by atoms with Crippen LogP contribution in [0.1, 0.15) is 33.7 Å². The van der Waals surface area contributed by atoms with Gasteiger partial charge in [0, 0.05) is 12.0 Å². The Kier molecular flexibility index (Phi) is 4.78. The maximum atomic E-state index is 12.4. The minimum atomic E-state index is -0.179. The Hall–Kier alpha value is -2.12. The average molecular weight is 344 g/mol. The van der Waals surface area contributed by atoms with Gasteiger partial charge in [0.05, 0.1) is 5.69 Å². The molecule has 0 spiro atoms. The molecule has 118 valence electrons. The van der Waals surface area contributed by atoms with Crippen LogP contribution >= 0.6 is 22.7 Å². The fourth-order valence-corrected chi connectivity index (χ4v) is 3.89. The fourth-order valence-electron chi connectivity index (χ4n) is 2.08. The van der Waals surface area contributed by atoms with E-state index in [9.17, 15) is 4.79 Å². The second kappa shape index (κ2) is 6.97. The largest absolute Gasteiger partial charge is 0.296 e. The van der Waals surface area contributed by atoms with Crippen molar-refractivity contribution in [3.05, 3.63) is 45.9 Å². The molecular formula is C16H16N4OS2. The first-order valence-electron chi connectivity index (χ1n) is 7.34. The number of nitrogens with one attached hydrogen (secondary N) is 1. The topological polar surface area (TPSA) is 67.8 Å². The molecule has 0 aliphatic carbocycles. The van der Waals surface area contributed by atoms with Crippen LogP contribution in [0.2, 0.25) is 0 Å². The zero-order valence-corrected chi connectivity index (χ0v) is 14.5. The predicted octanol–water partition coefficient (Wildman–Crippen LogP) is 4.17. The van der Waals surface area contributed by atoms with E-state index in [2.05, 4.69) is 27.4 Å². The van der Waals surface area contributed by atoms with Crippen LogP contribution in [0.15, 0.2) is 30.3 Å². The highest BCUT2D eigenvalue weighted by Gasteiger charge is 2.17. The van der Waals surface area contributed by atoms with Gasteiger partial charge in [-0.2, -0.15) is 0 Å². The van der Waals surface area contributed by atoms with Gasteiger partial charge in [0.1, 0.15) is 14.9 Å². The van der Waals surface area contributed by atoms with Crippen molar-refractivity contribution in [3.8, 4) is 10.6 Å². The minimum Gasteiger partial charge on any atom is -0.296 e. The van der Waals surface area contributed by atoms with Gasteiger partial charge in [0.25, 0.3) is 5.91 Å². The monoisotopic (exact) mass is 344 g/mol. The molecule has 0 bridgehead atoms. The zero-order chi connectivity index (χ0) is 16.2. The van der Waals surface area contributed by atoms with Gasteiger partial charge in [-0.15, -0.1) is 21.5 Å². The van der Waals surface area contributed by atoms with Crippen molar-refractivity contribution < 1.29 is 4.79 Å². The third kappa shape index (κ3) is 3.62. The third-order valence-corrected chi connectivity index (χ3v) is 5.28. The molecule has 0 saturated carbocycles. The molecule has 1 amide bonds. The van der Waals surface area contributed by atoms with E-state index >= 15 is 0 Å². The van der Waals surface area contributed by atoms with Gasteiger partial charge in [-0.25, -0.2) is 4.98 Å². The van der Waals surface area contributed by atoms with Crippen molar-refractivity contribution in [1.82, 2.24) is 15.2 Å². The Balaban J connectivity index is 1.78. The molecular weight excluding hydrogens is 328 g/mol. The van der Waals surface area contributed by atoms with Crippen molar-refractivity contribution in [2.45, 2.75) is 26.7 Å². The molecule has 2 heterocycles. The lowest BCUT2D eigenvalue weighted by molar-refractivity contribution is 0.102. The number of thiazole rings is 1. The molecule has 23 heavy (non-hydrogen) atoms. The van der Waals surface area contributed by atoms with Crippen LogP contribution in [0.4, 0.5) is 5.13 Å². The molecule has 3 rings (SSSR count). The molecule has 0 aliphatic heterocycles. The number of anilines is 1. The standard InChI is InChI=1S/C16H16N4OS2/c1-3-7-12-19-20-16(22-12)18-14(21)13-10(2)17-15(23-13)11-8-5-4-6-9-11/h4-6,8-9H,3,7H2,1-2H3,(H,18,20,21). The second-order valence-corrected chi connectivity index (χ2v) is 7.07. The Morgan fingerprint density at radius 2 is 1.96 bits per heavy atom. The summed E-state index contributed by atoms with van der Waals surface area (Å²) < 4.78 is 0. The Morgan fingerprint density at radius 1 is 1.17 bits per heavy atom. The SMILES string of the molecule is CCCc1nnc(NC(=O)c2sc(-c3ccccc3)nc2C)s1. The molecule has 1 N–H and O–H groups in total. The lowest BCUT2D eigenvalue weighted by Gasteiger charge is -1.98. The minimum absolute atomic E-state index is 0.179. The molecule has 0 fully saturated rings. The first kappa shape index (κ1) is 15.8. The second-order valence-electron chi connectivity index (χ2n) is 5.00. The van der Waals surface area contributed by atoms with Gasteiger partial charge >= 0.3 is 0 Å². The molecule has 5 nitrogen and oxygen atoms in total. The normalized spacial score (nSPS) is 10.7. The van der Waals surface area contributed by atoms with Crippen molar-refractivity contribution in [2.24, 2.45) is 0 Å². The number of hydrogen-bond acceptors (Lipinski definition) is 6. The lowest BCUT2D eigenvalue weighted by atomic mass is 10.2. The van der Waals surface area contributed by atoms with Crippen LogP contribution in [-0.4, -0.2) is 21.1 Å². The number of benzene rings is 1. The average Bonchev–Trinajstić information content (AvgIpc) is 3.15. The number of nitrogens with zero attached hydrogens (tertiary/aromatic N) is 3. The highest BCUT2D eigenvalue weighted by atomic mass is 32.1. The van der Waals surface area contributed by atoms with Crippen LogP contribution < -0.4 is 5.32 Å². The van der Waals surface area contributed by atoms with Gasteiger partial charge in [-0.05, 0) is 13.3 Å². The van der Waals surface area contributed by atoms with Gasteiger partial charge in [0.15, 0.2) is 0 Å². The zero-order valence-electron chi connectivity index (χ0n) is 12.9. The molecule has 7 heteroatoms. The Labute approximate surface area is 142 Å². The summed E-state index contributed by atoms with van der Waals surface area (Å²) in [5.41, 5.74) is 1.74. The van der Waals surface area contributed by atoms with Crippen LogP contribution in [-0.2, 0) is 6.42 Å². The van der Waals surface area contributed by atoms with E-state index < -0.39 is 0 Å². The van der Waals surface area contributed by atoms with Crippen molar-refractivity contribution in [2.75, 3.05) is 5.32 Å². The van der Waals surface area contributed by atoms with E-state index in [1.165, 1.54) is 22.7 Å². The quantitative estimate of drug-likeness (QED) is 0.754. The predicted molar refractivity (Wildman–Crippen MR) is 94.1 cm³/mol. The highest BCUT2D eigenvalue weighted by molar-refractivity contribution is 7.17. The summed E-state index contributed by atoms with van der Waals surface area (Å²) in [5.74, 6) is -0.179. The van der Waals surface area contributed by atoms with Crippen molar-refractivity contribution in [1.29, 1.82) is 0 Å². The molecule has 0 aliphatic rings. The fraction of sp³-hybridized carbons (Fsp3) is 0.250. The molecule has 0 unspecified atom stereocenters. The number of aryl methyl sites for hydroxylation is 2. The van der Waals surface area contributed by atoms with Gasteiger partial charge < -0.3 is 0 Å². The van der Waals surface area contributed by atoms with E-state index in [-0.39, 0.29) is 5.91 Å². The first-order chi connectivity index (χ1) is 11.2. The number of hydrogen-bond donors (Lipinski definition) is 1. The number of amides is 1. The molecule has 3 aromatic rings. The number of aromatic nitrogens is 3. The summed E-state index contributed by atoms with van der Waals surface area (Å²) in [4.78, 5) is 17.6. The summed E-state index contributed by atoms with van der Waals surface area (Å²) in [7, 11) is 0. The van der Waals surface area contributed by atoms with Gasteiger partial charge in [-0.3, -0.25) is 10.1 Å². The molecule has 0 saturated heterocycles. The van der Waals surface area contributed by atoms with Crippen molar-refractivity contribution >= 4 is 33.7 Å². The van der Waals surface area contributed by atoms with Gasteiger partial charge in [-0.1, -0.05) is 48.6 Å². The molecule has 2 aromatic heterocycles. The summed E-state index contributed by atoms with van der Waals surface area (Å²) in [6, 6.07) is 9.86. The Morgan fingerprint density at radius 3 is 2.70 bits per heavy atom. The van der Waals surface area contributed by atoms with E-state index in [1.54, 1.807) is 0 Å². The van der Waals surface area contributed by atoms with E-state index in [0.717, 1.165) is 34.1 Å². The first-order valence-corrected chi connectivity index (χ1v) is 8.97. The number of carbonyl (C=O) groups is 1. The third-order valence-electron chi connectivity index (χ3n) is 3.17. The van der Waals surface area contributed by atoms with Crippen LogP contribution in [0.25, 0.3) is 10.6 Å². The van der Waals surface area contributed by atoms with Crippen LogP contribution in [0, 0.1) is 6.92 Å². The summed E-state index contributed by atoms with van der Waals surface area (Å²) in [5, 5.41) is 13.2. The summed E-state index contributed by atoms with van der Waals surface area (Å²) >= 11 is 2.81.